The molecule has 0 saturated carbocycles. The Morgan fingerprint density at radius 1 is 1.38 bits per heavy atom. The van der Waals surface area contributed by atoms with E-state index in [1.165, 1.54) is 6.21 Å². The van der Waals surface area contributed by atoms with Crippen molar-refractivity contribution < 1.29 is 4.74 Å². The minimum atomic E-state index is -0.0924. The summed E-state index contributed by atoms with van der Waals surface area (Å²) in [5.41, 5.74) is 11.0. The van der Waals surface area contributed by atoms with E-state index in [-0.39, 0.29) is 12.6 Å². The largest absolute Gasteiger partial charge is 0.479 e. The van der Waals surface area contributed by atoms with E-state index in [1.54, 1.807) is 24.3 Å². The van der Waals surface area contributed by atoms with Crippen molar-refractivity contribution in [3.63, 3.8) is 0 Å². The van der Waals surface area contributed by atoms with Crippen molar-refractivity contribution in [3.05, 3.63) is 29.8 Å². The van der Waals surface area contributed by atoms with Gasteiger partial charge in [0.2, 0.25) is 5.96 Å². The first kappa shape index (κ1) is 11.5. The molecule has 1 aromatic carbocycles. The lowest BCUT2D eigenvalue weighted by Gasteiger charge is -2.00. The molecule has 0 radical (unpaired) electrons. The summed E-state index contributed by atoms with van der Waals surface area (Å²) in [5.74, 6) is 0.533. The molecule has 0 spiro atoms. The predicted octanol–water partition coefficient (Wildman–Crippen LogP) is 0.196. The van der Waals surface area contributed by atoms with Crippen LogP contribution in [-0.4, -0.2) is 18.8 Å². The van der Waals surface area contributed by atoms with Gasteiger partial charge in [-0.3, -0.25) is 0 Å². The van der Waals surface area contributed by atoms with Crippen molar-refractivity contribution in [1.82, 2.24) is 0 Å². The molecule has 0 heterocycles. The topological polar surface area (TPSA) is 110 Å². The van der Waals surface area contributed by atoms with Crippen molar-refractivity contribution >= 4 is 12.2 Å². The zero-order valence-corrected chi connectivity index (χ0v) is 8.50. The fourth-order valence-corrected chi connectivity index (χ4v) is 0.928. The Bertz CT molecular complexity index is 426. The molecule has 0 bridgehead atoms. The summed E-state index contributed by atoms with van der Waals surface area (Å²) >= 11 is 0. The quantitative estimate of drug-likeness (QED) is 0.426. The molecule has 0 saturated heterocycles. The number of nitriles is 1. The van der Waals surface area contributed by atoms with Crippen LogP contribution in [-0.2, 0) is 0 Å². The van der Waals surface area contributed by atoms with Gasteiger partial charge in [-0.15, -0.1) is 5.10 Å². The number of hydrogen-bond acceptors (Lipinski definition) is 4. The Morgan fingerprint density at radius 3 is 2.62 bits per heavy atom. The van der Waals surface area contributed by atoms with Crippen LogP contribution < -0.4 is 16.2 Å². The van der Waals surface area contributed by atoms with Crippen molar-refractivity contribution in [2.75, 3.05) is 6.61 Å². The Balaban J connectivity index is 2.61. The van der Waals surface area contributed by atoms with E-state index in [1.807, 2.05) is 6.07 Å². The van der Waals surface area contributed by atoms with E-state index in [0.29, 0.717) is 5.75 Å². The van der Waals surface area contributed by atoms with E-state index in [0.717, 1.165) is 5.56 Å². The number of nitrogens with two attached hydrogens (primary N) is 2. The fourth-order valence-electron chi connectivity index (χ4n) is 0.928. The highest BCUT2D eigenvalue weighted by Crippen LogP contribution is 2.10. The molecule has 0 unspecified atom stereocenters. The van der Waals surface area contributed by atoms with Gasteiger partial charge in [-0.25, -0.2) is 0 Å². The van der Waals surface area contributed by atoms with Crippen LogP contribution in [0, 0.1) is 11.3 Å². The third kappa shape index (κ3) is 4.11. The fraction of sp³-hybridized carbons (Fsp3) is 0.100. The smallest absolute Gasteiger partial charge is 0.211 e. The minimum absolute atomic E-state index is 0.0292. The maximum atomic E-state index is 8.32. The molecule has 0 aliphatic rings. The first-order chi connectivity index (χ1) is 7.72. The molecule has 0 amide bonds. The van der Waals surface area contributed by atoms with E-state index >= 15 is 0 Å². The van der Waals surface area contributed by atoms with Crippen LogP contribution in [0.5, 0.6) is 5.75 Å². The van der Waals surface area contributed by atoms with Gasteiger partial charge in [0.25, 0.3) is 0 Å². The van der Waals surface area contributed by atoms with Crippen LogP contribution in [0.1, 0.15) is 5.56 Å². The summed E-state index contributed by atoms with van der Waals surface area (Å²) in [7, 11) is 0. The van der Waals surface area contributed by atoms with Crippen LogP contribution in [0.15, 0.2) is 34.5 Å². The second-order valence-electron chi connectivity index (χ2n) is 2.79. The van der Waals surface area contributed by atoms with Gasteiger partial charge in [-0.05, 0) is 29.8 Å². The third-order valence-electron chi connectivity index (χ3n) is 1.56. The molecule has 6 nitrogen and oxygen atoms in total. The van der Waals surface area contributed by atoms with E-state index < -0.39 is 0 Å². The number of hydrogen-bond donors (Lipinski definition) is 2. The molecule has 0 atom stereocenters. The van der Waals surface area contributed by atoms with Crippen LogP contribution in [0.3, 0.4) is 0 Å². The zero-order chi connectivity index (χ0) is 11.8. The highest BCUT2D eigenvalue weighted by Gasteiger charge is 1.92. The average molecular weight is 217 g/mol. The monoisotopic (exact) mass is 217 g/mol. The molecule has 0 aliphatic carbocycles. The molecule has 0 aromatic heterocycles. The zero-order valence-electron chi connectivity index (χ0n) is 8.50. The highest BCUT2D eigenvalue weighted by atomic mass is 16.5. The van der Waals surface area contributed by atoms with Crippen LogP contribution in [0.2, 0.25) is 0 Å². The van der Waals surface area contributed by atoms with Gasteiger partial charge in [0, 0.05) is 0 Å². The second-order valence-corrected chi connectivity index (χ2v) is 2.79. The summed E-state index contributed by atoms with van der Waals surface area (Å²) in [5, 5.41) is 15.4. The predicted molar refractivity (Wildman–Crippen MR) is 61.0 cm³/mol. The highest BCUT2D eigenvalue weighted by molar-refractivity contribution is 5.81. The Labute approximate surface area is 92.8 Å². The molecule has 4 N–H and O–H groups in total. The van der Waals surface area contributed by atoms with Gasteiger partial charge in [0.1, 0.15) is 11.8 Å². The molecule has 82 valence electrons. The Hall–Kier alpha value is -2.55. The SMILES string of the molecule is N#CCOc1ccc(/C=N\N=C(N)N)cc1. The van der Waals surface area contributed by atoms with Gasteiger partial charge < -0.3 is 16.2 Å². The summed E-state index contributed by atoms with van der Waals surface area (Å²) in [6, 6.07) is 8.90. The van der Waals surface area contributed by atoms with Gasteiger partial charge >= 0.3 is 0 Å². The van der Waals surface area contributed by atoms with Crippen molar-refractivity contribution in [2.24, 2.45) is 21.7 Å². The first-order valence-electron chi connectivity index (χ1n) is 4.44. The third-order valence-corrected chi connectivity index (χ3v) is 1.56. The Morgan fingerprint density at radius 2 is 2.06 bits per heavy atom. The van der Waals surface area contributed by atoms with Gasteiger partial charge in [0.15, 0.2) is 6.61 Å². The molecular weight excluding hydrogens is 206 g/mol. The molecule has 0 aliphatic heterocycles. The molecule has 16 heavy (non-hydrogen) atoms. The lowest BCUT2D eigenvalue weighted by molar-refractivity contribution is 0.368. The number of benzene rings is 1. The van der Waals surface area contributed by atoms with Crippen molar-refractivity contribution in [3.8, 4) is 11.8 Å². The maximum Gasteiger partial charge on any atom is 0.211 e. The van der Waals surface area contributed by atoms with Crippen LogP contribution >= 0.6 is 0 Å². The number of nitrogens with zero attached hydrogens (tertiary/aromatic N) is 3. The van der Waals surface area contributed by atoms with Crippen LogP contribution in [0.4, 0.5) is 0 Å². The molecule has 6 heteroatoms. The molecular formula is C10H11N5O. The number of rotatable bonds is 4. The van der Waals surface area contributed by atoms with Gasteiger partial charge in [-0.1, -0.05) is 0 Å². The van der Waals surface area contributed by atoms with E-state index in [2.05, 4.69) is 10.2 Å². The van der Waals surface area contributed by atoms with Crippen LogP contribution in [0.25, 0.3) is 0 Å². The van der Waals surface area contributed by atoms with Crippen molar-refractivity contribution in [2.45, 2.75) is 0 Å². The molecule has 1 rings (SSSR count). The lowest BCUT2D eigenvalue weighted by atomic mass is 10.2. The van der Waals surface area contributed by atoms with Gasteiger partial charge in [0.05, 0.1) is 6.21 Å². The summed E-state index contributed by atoms with van der Waals surface area (Å²) in [6.45, 7) is 0.0292. The van der Waals surface area contributed by atoms with E-state index in [9.17, 15) is 0 Å². The second kappa shape index (κ2) is 6.03. The first-order valence-corrected chi connectivity index (χ1v) is 4.44. The Kier molecular flexibility index (Phi) is 4.34. The number of ether oxygens (including phenoxy) is 1. The number of guanidine groups is 1. The minimum Gasteiger partial charge on any atom is -0.479 e. The normalized spacial score (nSPS) is 9.69. The van der Waals surface area contributed by atoms with Gasteiger partial charge in [-0.2, -0.15) is 10.4 Å². The molecule has 1 aromatic rings. The average Bonchev–Trinajstić information content (AvgIpc) is 2.27. The summed E-state index contributed by atoms with van der Waals surface area (Å²) < 4.78 is 5.08. The summed E-state index contributed by atoms with van der Waals surface area (Å²) in [4.78, 5) is 0. The standard InChI is InChI=1S/C10H11N5O/c11-5-6-16-9-3-1-8(2-4-9)7-14-15-10(12)13/h1-4,7H,6H2,(H4,12,13,15)/b14-7-. The summed E-state index contributed by atoms with van der Waals surface area (Å²) in [6.07, 6.45) is 1.51. The maximum absolute atomic E-state index is 8.32. The molecule has 0 fully saturated rings. The van der Waals surface area contributed by atoms with Crippen molar-refractivity contribution in [1.29, 1.82) is 5.26 Å². The van der Waals surface area contributed by atoms with E-state index in [4.69, 9.17) is 21.5 Å². The lowest BCUT2D eigenvalue weighted by Crippen LogP contribution is -2.21.